The number of rotatable bonds is 8. The number of nitriles is 1. The number of benzene rings is 2. The third-order valence-corrected chi connectivity index (χ3v) is 9.38. The second-order valence-electron chi connectivity index (χ2n) is 11.1. The van der Waals surface area contributed by atoms with Gasteiger partial charge in [0, 0.05) is 29.2 Å². The van der Waals surface area contributed by atoms with Gasteiger partial charge in [-0.2, -0.15) is 5.26 Å². The van der Waals surface area contributed by atoms with Crippen molar-refractivity contribution in [2.75, 3.05) is 5.32 Å². The highest BCUT2D eigenvalue weighted by Crippen LogP contribution is 2.34. The molecule has 2 heterocycles. The van der Waals surface area contributed by atoms with E-state index >= 15 is 0 Å². The van der Waals surface area contributed by atoms with E-state index in [1.165, 1.54) is 16.4 Å². The number of nitrogens with one attached hydrogen (secondary N) is 2. The number of hydrogen-bond acceptors (Lipinski definition) is 8. The van der Waals surface area contributed by atoms with Crippen LogP contribution in [-0.4, -0.2) is 46.1 Å². The van der Waals surface area contributed by atoms with Crippen molar-refractivity contribution < 1.29 is 17.9 Å². The highest BCUT2D eigenvalue weighted by Gasteiger charge is 2.28. The van der Waals surface area contributed by atoms with Crippen LogP contribution in [0.3, 0.4) is 0 Å². The number of amides is 1. The van der Waals surface area contributed by atoms with Gasteiger partial charge in [-0.25, -0.2) is 27.2 Å². The summed E-state index contributed by atoms with van der Waals surface area (Å²) in [7, 11) is -3.90. The summed E-state index contributed by atoms with van der Waals surface area (Å²) in [6.07, 6.45) is 6.52. The van der Waals surface area contributed by atoms with Gasteiger partial charge in [0.15, 0.2) is 0 Å². The molecule has 2 atom stereocenters. The van der Waals surface area contributed by atoms with Crippen molar-refractivity contribution >= 4 is 33.0 Å². The maximum absolute atomic E-state index is 13.6. The molecule has 0 bridgehead atoms. The van der Waals surface area contributed by atoms with Crippen molar-refractivity contribution in [2.45, 2.75) is 75.5 Å². The predicted molar refractivity (Wildman–Crippen MR) is 160 cm³/mol. The van der Waals surface area contributed by atoms with Crippen molar-refractivity contribution in [3.63, 3.8) is 0 Å². The molecular weight excluding hydrogens is 552 g/mol. The summed E-state index contributed by atoms with van der Waals surface area (Å²) in [5.74, 6) is 0.326. The van der Waals surface area contributed by atoms with E-state index in [-0.39, 0.29) is 22.5 Å². The van der Waals surface area contributed by atoms with Crippen molar-refractivity contribution in [1.29, 1.82) is 5.26 Å². The molecule has 0 spiro atoms. The molecule has 1 amide bonds. The van der Waals surface area contributed by atoms with Gasteiger partial charge in [-0.1, -0.05) is 43.3 Å². The van der Waals surface area contributed by atoms with Gasteiger partial charge in [0.1, 0.15) is 11.7 Å². The summed E-state index contributed by atoms with van der Waals surface area (Å²) in [4.78, 5) is 21.7. The number of nitrogens with zero attached hydrogens (tertiary/aromatic N) is 4. The normalized spacial score (nSPS) is 17.4. The first-order valence-corrected chi connectivity index (χ1v) is 15.5. The summed E-state index contributed by atoms with van der Waals surface area (Å²) in [6, 6.07) is 17.4. The quantitative estimate of drug-likeness (QED) is 0.262. The fourth-order valence-electron chi connectivity index (χ4n) is 5.14. The molecule has 2 aromatic carbocycles. The number of para-hydroxylation sites is 1. The zero-order chi connectivity index (χ0) is 29.9. The summed E-state index contributed by atoms with van der Waals surface area (Å²) in [5, 5.41) is 16.9. The molecular formula is C31H34N6O4S. The van der Waals surface area contributed by atoms with Crippen LogP contribution in [0.2, 0.25) is 0 Å². The SMILES string of the molecule is CCC(C)(C)OC(=O)NC1CCCC(Nc2ncc(C#N)c(-c3cn(S(=O)(=O)c4ccccc4)c4ccccc34)n2)C1. The molecule has 1 aliphatic carbocycles. The van der Waals surface area contributed by atoms with Gasteiger partial charge in [0.05, 0.1) is 27.9 Å². The second kappa shape index (κ2) is 11.8. The second-order valence-corrected chi connectivity index (χ2v) is 12.9. The lowest BCUT2D eigenvalue weighted by atomic mass is 9.91. The zero-order valence-corrected chi connectivity index (χ0v) is 24.7. The van der Waals surface area contributed by atoms with E-state index in [1.54, 1.807) is 42.5 Å². The van der Waals surface area contributed by atoms with Crippen LogP contribution < -0.4 is 10.6 Å². The maximum atomic E-state index is 13.6. The van der Waals surface area contributed by atoms with E-state index in [0.717, 1.165) is 19.3 Å². The van der Waals surface area contributed by atoms with Crippen molar-refractivity contribution in [1.82, 2.24) is 19.3 Å². The molecule has 1 fully saturated rings. The summed E-state index contributed by atoms with van der Waals surface area (Å²) >= 11 is 0. The Morgan fingerprint density at radius 1 is 1.12 bits per heavy atom. The summed E-state index contributed by atoms with van der Waals surface area (Å²) in [5.41, 5.74) is 1.02. The fraction of sp³-hybridized carbons (Fsp3) is 0.355. The number of fused-ring (bicyclic) bond motifs is 1. The summed E-state index contributed by atoms with van der Waals surface area (Å²) < 4.78 is 34.0. The molecule has 5 rings (SSSR count). The topological polar surface area (TPSA) is 139 Å². The van der Waals surface area contributed by atoms with Gasteiger partial charge in [-0.3, -0.25) is 0 Å². The van der Waals surface area contributed by atoms with Crippen molar-refractivity contribution in [3.8, 4) is 17.3 Å². The van der Waals surface area contributed by atoms with E-state index in [4.69, 9.17) is 9.72 Å². The molecule has 11 heteroatoms. The van der Waals surface area contributed by atoms with Crippen LogP contribution in [0.15, 0.2) is 71.9 Å². The molecule has 0 radical (unpaired) electrons. The first kappa shape index (κ1) is 29.1. The van der Waals surface area contributed by atoms with Gasteiger partial charge in [0.25, 0.3) is 10.0 Å². The minimum atomic E-state index is -3.90. The molecule has 1 saturated carbocycles. The monoisotopic (exact) mass is 586 g/mol. The van der Waals surface area contributed by atoms with Gasteiger partial charge in [-0.05, 0) is 64.2 Å². The Kier molecular flexibility index (Phi) is 8.18. The Morgan fingerprint density at radius 3 is 2.57 bits per heavy atom. The van der Waals surface area contributed by atoms with Gasteiger partial charge < -0.3 is 15.4 Å². The van der Waals surface area contributed by atoms with Crippen molar-refractivity contribution in [2.24, 2.45) is 0 Å². The number of ether oxygens (including phenoxy) is 1. The molecule has 1 aliphatic rings. The molecule has 4 aromatic rings. The Hall–Kier alpha value is -4.43. The smallest absolute Gasteiger partial charge is 0.407 e. The van der Waals surface area contributed by atoms with Crippen LogP contribution in [0.4, 0.5) is 10.7 Å². The van der Waals surface area contributed by atoms with E-state index in [1.807, 2.05) is 32.9 Å². The van der Waals surface area contributed by atoms with Crippen LogP contribution in [-0.2, 0) is 14.8 Å². The van der Waals surface area contributed by atoms with Crippen molar-refractivity contribution in [3.05, 3.63) is 72.6 Å². The molecule has 42 heavy (non-hydrogen) atoms. The number of carbonyl (C=O) groups is 1. The van der Waals surface area contributed by atoms with Crippen LogP contribution in [0.1, 0.15) is 58.4 Å². The minimum Gasteiger partial charge on any atom is -0.444 e. The summed E-state index contributed by atoms with van der Waals surface area (Å²) in [6.45, 7) is 5.73. The van der Waals surface area contributed by atoms with Crippen LogP contribution in [0.5, 0.6) is 0 Å². The lowest BCUT2D eigenvalue weighted by Crippen LogP contribution is -2.44. The number of anilines is 1. The predicted octanol–water partition coefficient (Wildman–Crippen LogP) is 5.84. The molecule has 2 N–H and O–H groups in total. The van der Waals surface area contributed by atoms with E-state index < -0.39 is 21.7 Å². The zero-order valence-electron chi connectivity index (χ0n) is 23.9. The Balaban J connectivity index is 1.43. The third-order valence-electron chi connectivity index (χ3n) is 7.69. The number of hydrogen-bond donors (Lipinski definition) is 2. The Labute approximate surface area is 245 Å². The largest absolute Gasteiger partial charge is 0.444 e. The fourth-order valence-corrected chi connectivity index (χ4v) is 6.53. The molecule has 2 unspecified atom stereocenters. The van der Waals surface area contributed by atoms with Gasteiger partial charge >= 0.3 is 6.09 Å². The number of carbonyl (C=O) groups excluding carboxylic acids is 1. The molecule has 10 nitrogen and oxygen atoms in total. The van der Waals surface area contributed by atoms with Crippen LogP contribution in [0.25, 0.3) is 22.2 Å². The van der Waals surface area contributed by atoms with Gasteiger partial charge in [-0.15, -0.1) is 0 Å². The van der Waals surface area contributed by atoms with Crippen LogP contribution >= 0.6 is 0 Å². The van der Waals surface area contributed by atoms with E-state index in [0.29, 0.717) is 41.0 Å². The van der Waals surface area contributed by atoms with E-state index in [2.05, 4.69) is 21.7 Å². The molecule has 0 aliphatic heterocycles. The highest BCUT2D eigenvalue weighted by atomic mass is 32.2. The lowest BCUT2D eigenvalue weighted by molar-refractivity contribution is 0.0332. The lowest BCUT2D eigenvalue weighted by Gasteiger charge is -2.31. The molecule has 218 valence electrons. The molecule has 2 aromatic heterocycles. The highest BCUT2D eigenvalue weighted by molar-refractivity contribution is 7.90. The number of aromatic nitrogens is 3. The number of alkyl carbamates (subject to hydrolysis) is 1. The molecule has 0 saturated heterocycles. The maximum Gasteiger partial charge on any atom is 0.407 e. The van der Waals surface area contributed by atoms with Crippen LogP contribution in [0, 0.1) is 11.3 Å². The van der Waals surface area contributed by atoms with Gasteiger partial charge in [0.2, 0.25) is 5.95 Å². The third kappa shape index (κ3) is 6.09. The average molecular weight is 587 g/mol. The first-order valence-electron chi connectivity index (χ1n) is 14.1. The Bertz CT molecular complexity index is 1740. The standard InChI is InChI=1S/C31H34N6O4S/c1-4-31(2,3)41-30(38)35-23-12-10-11-22(17-23)34-29-33-19-21(18-32)28(36-29)26-20-37(27-16-9-8-15-25(26)27)42(39,40)24-13-6-5-7-14-24/h5-9,13-16,19-20,22-23H,4,10-12,17H2,1-3H3,(H,35,38)(H,33,34,36). The minimum absolute atomic E-state index is 0.0104. The Morgan fingerprint density at radius 2 is 1.83 bits per heavy atom. The average Bonchev–Trinajstić information content (AvgIpc) is 3.38. The van der Waals surface area contributed by atoms with E-state index in [9.17, 15) is 18.5 Å². The first-order chi connectivity index (χ1) is 20.1.